The van der Waals surface area contributed by atoms with Gasteiger partial charge in [0.05, 0.1) is 12.1 Å². The second-order valence-corrected chi connectivity index (χ2v) is 7.06. The predicted octanol–water partition coefficient (Wildman–Crippen LogP) is 3.12. The third-order valence-corrected chi connectivity index (χ3v) is 4.95. The molecule has 1 aliphatic rings. The summed E-state index contributed by atoms with van der Waals surface area (Å²) in [5.41, 5.74) is 1.58. The number of rotatable bonds is 6. The molecule has 3 rings (SSSR count). The van der Waals surface area contributed by atoms with E-state index < -0.39 is 0 Å². The lowest BCUT2D eigenvalue weighted by Gasteiger charge is -2.35. The van der Waals surface area contributed by atoms with Crippen molar-refractivity contribution in [3.63, 3.8) is 0 Å². The molecule has 0 saturated carbocycles. The highest BCUT2D eigenvalue weighted by Crippen LogP contribution is 2.19. The summed E-state index contributed by atoms with van der Waals surface area (Å²) in [5, 5.41) is 3.03. The first-order valence-electron chi connectivity index (χ1n) is 9.12. The van der Waals surface area contributed by atoms with Crippen molar-refractivity contribution in [3.8, 4) is 11.5 Å². The fraction of sp³-hybridized carbons (Fsp3) is 0.500. The van der Waals surface area contributed by atoms with E-state index in [1.165, 1.54) is 12.8 Å². The summed E-state index contributed by atoms with van der Waals surface area (Å²) in [7, 11) is 0. The molecular formula is C20H27N3O2. The maximum Gasteiger partial charge on any atom is 0.226 e. The van der Waals surface area contributed by atoms with Crippen molar-refractivity contribution in [2.45, 2.75) is 39.2 Å². The molecular weight excluding hydrogens is 314 g/mol. The molecule has 5 heteroatoms. The highest BCUT2D eigenvalue weighted by atomic mass is 16.3. The first kappa shape index (κ1) is 17.7. The van der Waals surface area contributed by atoms with Gasteiger partial charge in [0.1, 0.15) is 6.26 Å². The van der Waals surface area contributed by atoms with E-state index in [1.54, 1.807) is 6.26 Å². The van der Waals surface area contributed by atoms with E-state index in [0.29, 0.717) is 24.2 Å². The van der Waals surface area contributed by atoms with Gasteiger partial charge in [-0.1, -0.05) is 25.1 Å². The van der Waals surface area contributed by atoms with Crippen LogP contribution in [0.3, 0.4) is 0 Å². The summed E-state index contributed by atoms with van der Waals surface area (Å²) >= 11 is 0. The zero-order valence-corrected chi connectivity index (χ0v) is 15.1. The quantitative estimate of drug-likeness (QED) is 0.877. The smallest absolute Gasteiger partial charge is 0.226 e. The minimum absolute atomic E-state index is 0.00913. The number of piperidine rings is 1. The van der Waals surface area contributed by atoms with Gasteiger partial charge in [0, 0.05) is 18.2 Å². The number of hydrogen-bond acceptors (Lipinski definition) is 4. The Bertz CT molecular complexity index is 675. The number of oxazole rings is 1. The molecule has 1 amide bonds. The van der Waals surface area contributed by atoms with Gasteiger partial charge in [-0.3, -0.25) is 9.69 Å². The van der Waals surface area contributed by atoms with Gasteiger partial charge in [-0.2, -0.15) is 0 Å². The third-order valence-electron chi connectivity index (χ3n) is 4.95. The average molecular weight is 341 g/mol. The van der Waals surface area contributed by atoms with Crippen LogP contribution in [0, 0.1) is 5.92 Å². The average Bonchev–Trinajstić information content (AvgIpc) is 3.09. The number of carbonyl (C=O) groups excluding carboxylic acids is 1. The van der Waals surface area contributed by atoms with E-state index in [4.69, 9.17) is 4.42 Å². The second-order valence-electron chi connectivity index (χ2n) is 7.06. The molecule has 1 atom stereocenters. The fourth-order valence-electron chi connectivity index (χ4n) is 3.19. The van der Waals surface area contributed by atoms with Crippen molar-refractivity contribution < 1.29 is 9.21 Å². The Balaban J connectivity index is 1.46. The minimum atomic E-state index is -0.00913. The third kappa shape index (κ3) is 4.92. The van der Waals surface area contributed by atoms with Gasteiger partial charge in [-0.25, -0.2) is 4.98 Å². The molecule has 1 saturated heterocycles. The van der Waals surface area contributed by atoms with Crippen LogP contribution >= 0.6 is 0 Å². The number of likely N-dealkylation sites (tertiary alicyclic amines) is 1. The molecule has 1 aliphatic heterocycles. The molecule has 5 nitrogen and oxygen atoms in total. The monoisotopic (exact) mass is 341 g/mol. The highest BCUT2D eigenvalue weighted by Gasteiger charge is 2.20. The molecule has 1 aromatic carbocycles. The molecule has 0 radical (unpaired) electrons. The Morgan fingerprint density at radius 3 is 2.76 bits per heavy atom. The largest absolute Gasteiger partial charge is 0.444 e. The van der Waals surface area contributed by atoms with Crippen LogP contribution in [0.15, 0.2) is 41.0 Å². The zero-order valence-electron chi connectivity index (χ0n) is 15.1. The van der Waals surface area contributed by atoms with Gasteiger partial charge in [-0.15, -0.1) is 0 Å². The maximum absolute atomic E-state index is 12.2. The zero-order chi connectivity index (χ0) is 17.6. The van der Waals surface area contributed by atoms with Gasteiger partial charge in [-0.05, 0) is 50.9 Å². The van der Waals surface area contributed by atoms with Crippen LogP contribution in [-0.4, -0.2) is 41.5 Å². The molecule has 2 heterocycles. The lowest BCUT2D eigenvalue weighted by atomic mass is 9.98. The van der Waals surface area contributed by atoms with E-state index in [2.05, 4.69) is 29.0 Å². The van der Waals surface area contributed by atoms with Crippen molar-refractivity contribution in [2.75, 3.05) is 19.6 Å². The molecule has 25 heavy (non-hydrogen) atoms. The first-order valence-corrected chi connectivity index (χ1v) is 9.12. The van der Waals surface area contributed by atoms with Crippen LogP contribution in [-0.2, 0) is 11.2 Å². The number of nitrogens with zero attached hydrogens (tertiary/aromatic N) is 2. The van der Waals surface area contributed by atoms with Crippen LogP contribution in [0.5, 0.6) is 0 Å². The Labute approximate surface area is 149 Å². The van der Waals surface area contributed by atoms with E-state index in [9.17, 15) is 4.79 Å². The molecule has 1 N–H and O–H groups in total. The molecule has 0 spiro atoms. The number of nitrogens with one attached hydrogen (secondary N) is 1. The number of hydrogen-bond donors (Lipinski definition) is 1. The van der Waals surface area contributed by atoms with Crippen molar-refractivity contribution >= 4 is 5.91 Å². The van der Waals surface area contributed by atoms with Crippen LogP contribution in [0.2, 0.25) is 0 Å². The number of amides is 1. The van der Waals surface area contributed by atoms with Crippen molar-refractivity contribution in [1.29, 1.82) is 0 Å². The summed E-state index contributed by atoms with van der Waals surface area (Å²) in [6, 6.07) is 10.1. The number of benzene rings is 1. The lowest BCUT2D eigenvalue weighted by molar-refractivity contribution is -0.120. The fourth-order valence-corrected chi connectivity index (χ4v) is 3.19. The Morgan fingerprint density at radius 1 is 1.32 bits per heavy atom. The Hall–Kier alpha value is -2.14. The molecule has 0 aliphatic carbocycles. The van der Waals surface area contributed by atoms with Gasteiger partial charge in [0.2, 0.25) is 11.8 Å². The van der Waals surface area contributed by atoms with E-state index in [-0.39, 0.29) is 12.3 Å². The summed E-state index contributed by atoms with van der Waals surface area (Å²) in [5.74, 6) is 1.37. The minimum Gasteiger partial charge on any atom is -0.444 e. The topological polar surface area (TPSA) is 58.4 Å². The van der Waals surface area contributed by atoms with E-state index in [0.717, 1.165) is 24.6 Å². The normalized spacial score (nSPS) is 17.4. The molecule has 134 valence electrons. The maximum atomic E-state index is 12.2. The van der Waals surface area contributed by atoms with Gasteiger partial charge in [0.15, 0.2) is 0 Å². The van der Waals surface area contributed by atoms with Crippen LogP contribution in [0.4, 0.5) is 0 Å². The number of carbonyl (C=O) groups is 1. The highest BCUT2D eigenvalue weighted by molar-refractivity contribution is 5.78. The SMILES string of the molecule is CC1CCN([C@H](C)CNC(=O)Cc2coc(-c3ccccc3)n2)CC1. The van der Waals surface area contributed by atoms with Gasteiger partial charge in [0.25, 0.3) is 0 Å². The molecule has 1 aromatic heterocycles. The molecule has 2 aromatic rings. The first-order chi connectivity index (χ1) is 12.1. The molecule has 1 fully saturated rings. The Kier molecular flexibility index (Phi) is 5.87. The standard InChI is InChI=1S/C20H27N3O2/c1-15-8-10-23(11-9-15)16(2)13-21-19(24)12-18-14-25-20(22-18)17-6-4-3-5-7-17/h3-7,14-16H,8-13H2,1-2H3,(H,21,24)/t16-/m1/s1. The number of aromatic nitrogens is 1. The van der Waals surface area contributed by atoms with Crippen molar-refractivity contribution in [2.24, 2.45) is 5.92 Å². The van der Waals surface area contributed by atoms with Crippen molar-refractivity contribution in [3.05, 3.63) is 42.3 Å². The molecule has 0 unspecified atom stereocenters. The van der Waals surface area contributed by atoms with Crippen molar-refractivity contribution in [1.82, 2.24) is 15.2 Å². The van der Waals surface area contributed by atoms with Gasteiger partial charge >= 0.3 is 0 Å². The van der Waals surface area contributed by atoms with Crippen LogP contribution in [0.1, 0.15) is 32.4 Å². The second kappa shape index (κ2) is 8.30. The predicted molar refractivity (Wildman–Crippen MR) is 98.1 cm³/mol. The molecule has 0 bridgehead atoms. The van der Waals surface area contributed by atoms with E-state index >= 15 is 0 Å². The lowest BCUT2D eigenvalue weighted by Crippen LogP contribution is -2.45. The van der Waals surface area contributed by atoms with E-state index in [1.807, 2.05) is 30.3 Å². The summed E-state index contributed by atoms with van der Waals surface area (Å²) in [6.07, 6.45) is 4.32. The van der Waals surface area contributed by atoms with Crippen LogP contribution < -0.4 is 5.32 Å². The summed E-state index contributed by atoms with van der Waals surface area (Å²) in [4.78, 5) is 19.1. The van der Waals surface area contributed by atoms with Crippen LogP contribution in [0.25, 0.3) is 11.5 Å². The summed E-state index contributed by atoms with van der Waals surface area (Å²) < 4.78 is 5.48. The Morgan fingerprint density at radius 2 is 2.04 bits per heavy atom. The van der Waals surface area contributed by atoms with Gasteiger partial charge < -0.3 is 9.73 Å². The summed E-state index contributed by atoms with van der Waals surface area (Å²) in [6.45, 7) is 7.42.